The van der Waals surface area contributed by atoms with Crippen LogP contribution in [0.2, 0.25) is 5.02 Å². The van der Waals surface area contributed by atoms with Crippen LogP contribution in [0.5, 0.6) is 0 Å². The highest BCUT2D eigenvalue weighted by Crippen LogP contribution is 2.26. The lowest BCUT2D eigenvalue weighted by Crippen LogP contribution is -2.28. The third-order valence-electron chi connectivity index (χ3n) is 3.21. The van der Waals surface area contributed by atoms with Crippen LogP contribution >= 0.6 is 11.6 Å². The Labute approximate surface area is 132 Å². The van der Waals surface area contributed by atoms with Crippen molar-refractivity contribution in [2.24, 2.45) is 0 Å². The van der Waals surface area contributed by atoms with Crippen LogP contribution in [-0.4, -0.2) is 32.4 Å². The van der Waals surface area contributed by atoms with Crippen LogP contribution in [0, 0.1) is 6.92 Å². The Morgan fingerprint density at radius 3 is 2.57 bits per heavy atom. The van der Waals surface area contributed by atoms with Crippen LogP contribution in [-0.2, 0) is 16.6 Å². The Morgan fingerprint density at radius 1 is 1.43 bits per heavy atom. The number of nitrogens with one attached hydrogen (secondary N) is 1. The number of likely N-dealkylation sites (N-methyl/N-ethyl adjacent to an activating group) is 1. The molecule has 1 aromatic carbocycles. The molecule has 4 nitrogen and oxygen atoms in total. The standard InChI is InChI=1S/C15H23ClN2O2S/c1-6-7-18(5)21(19,20)15-9-14(16)8-13(12(15)4)10-17-11(2)3/h6,8-9,11,17H,1,7,10H2,2-5H3. The number of sulfonamides is 1. The SMILES string of the molecule is C=CCN(C)S(=O)(=O)c1cc(Cl)cc(CNC(C)C)c1C. The number of hydrogen-bond acceptors (Lipinski definition) is 3. The summed E-state index contributed by atoms with van der Waals surface area (Å²) in [6, 6.07) is 3.62. The highest BCUT2D eigenvalue weighted by molar-refractivity contribution is 7.89. The molecule has 1 rings (SSSR count). The summed E-state index contributed by atoms with van der Waals surface area (Å²) >= 11 is 6.09. The molecule has 0 aliphatic carbocycles. The van der Waals surface area contributed by atoms with E-state index in [1.54, 1.807) is 12.1 Å². The molecular formula is C15H23ClN2O2S. The summed E-state index contributed by atoms with van der Waals surface area (Å²) in [4.78, 5) is 0.250. The topological polar surface area (TPSA) is 49.4 Å². The van der Waals surface area contributed by atoms with Crippen LogP contribution in [0.4, 0.5) is 0 Å². The van der Waals surface area contributed by atoms with Gasteiger partial charge in [-0.25, -0.2) is 8.42 Å². The number of rotatable bonds is 7. The molecule has 1 N–H and O–H groups in total. The summed E-state index contributed by atoms with van der Waals surface area (Å²) in [5.74, 6) is 0. The molecule has 0 aliphatic heterocycles. The molecule has 0 amide bonds. The van der Waals surface area contributed by atoms with Gasteiger partial charge >= 0.3 is 0 Å². The third kappa shape index (κ3) is 4.54. The maximum Gasteiger partial charge on any atom is 0.243 e. The Bertz CT molecular complexity index is 612. The zero-order chi connectivity index (χ0) is 16.2. The van der Waals surface area contributed by atoms with Gasteiger partial charge in [0.05, 0.1) is 4.90 Å². The van der Waals surface area contributed by atoms with E-state index < -0.39 is 10.0 Å². The van der Waals surface area contributed by atoms with E-state index in [9.17, 15) is 8.42 Å². The first-order valence-electron chi connectivity index (χ1n) is 6.79. The Morgan fingerprint density at radius 2 is 2.05 bits per heavy atom. The molecule has 0 unspecified atom stereocenters. The minimum Gasteiger partial charge on any atom is -0.310 e. The van der Waals surface area contributed by atoms with Crippen LogP contribution < -0.4 is 5.32 Å². The lowest BCUT2D eigenvalue weighted by molar-refractivity contribution is 0.498. The van der Waals surface area contributed by atoms with Gasteiger partial charge in [0, 0.05) is 31.2 Å². The zero-order valence-electron chi connectivity index (χ0n) is 13.0. The van der Waals surface area contributed by atoms with Crippen molar-refractivity contribution >= 4 is 21.6 Å². The lowest BCUT2D eigenvalue weighted by Gasteiger charge is -2.19. The predicted molar refractivity (Wildman–Crippen MR) is 88.2 cm³/mol. The Balaban J connectivity index is 3.27. The fourth-order valence-electron chi connectivity index (χ4n) is 1.92. The molecule has 1 aromatic rings. The molecule has 0 bridgehead atoms. The van der Waals surface area contributed by atoms with Crippen molar-refractivity contribution in [2.45, 2.75) is 38.3 Å². The van der Waals surface area contributed by atoms with Gasteiger partial charge in [-0.05, 0) is 30.2 Å². The summed E-state index contributed by atoms with van der Waals surface area (Å²) in [5.41, 5.74) is 1.62. The first kappa shape index (κ1) is 18.2. The summed E-state index contributed by atoms with van der Waals surface area (Å²) in [7, 11) is -2.03. The van der Waals surface area contributed by atoms with Crippen molar-refractivity contribution in [3.8, 4) is 0 Å². The van der Waals surface area contributed by atoms with E-state index in [0.29, 0.717) is 17.6 Å². The van der Waals surface area contributed by atoms with E-state index in [0.717, 1.165) is 11.1 Å². The van der Waals surface area contributed by atoms with Crippen molar-refractivity contribution in [3.63, 3.8) is 0 Å². The quantitative estimate of drug-likeness (QED) is 0.782. The van der Waals surface area contributed by atoms with Crippen molar-refractivity contribution in [1.82, 2.24) is 9.62 Å². The van der Waals surface area contributed by atoms with E-state index >= 15 is 0 Å². The molecule has 0 aromatic heterocycles. The maximum atomic E-state index is 12.6. The Kier molecular flexibility index (Phi) is 6.41. The predicted octanol–water partition coefficient (Wildman–Crippen LogP) is 2.95. The highest BCUT2D eigenvalue weighted by Gasteiger charge is 2.23. The van der Waals surface area contributed by atoms with Crippen molar-refractivity contribution in [3.05, 3.63) is 40.9 Å². The molecule has 0 spiro atoms. The fourth-order valence-corrected chi connectivity index (χ4v) is 3.66. The molecule has 21 heavy (non-hydrogen) atoms. The van der Waals surface area contributed by atoms with Gasteiger partial charge in [0.2, 0.25) is 10.0 Å². The largest absolute Gasteiger partial charge is 0.310 e. The normalized spacial score (nSPS) is 12.1. The van der Waals surface area contributed by atoms with E-state index in [1.807, 2.05) is 20.8 Å². The minimum atomic E-state index is -3.57. The Hall–Kier alpha value is -0.880. The first-order chi connectivity index (χ1) is 9.70. The average Bonchev–Trinajstić information content (AvgIpc) is 2.39. The van der Waals surface area contributed by atoms with Gasteiger partial charge in [0.15, 0.2) is 0 Å². The number of nitrogens with zero attached hydrogens (tertiary/aromatic N) is 1. The summed E-state index contributed by atoms with van der Waals surface area (Å²) in [6.07, 6.45) is 1.55. The van der Waals surface area contributed by atoms with Gasteiger partial charge in [-0.2, -0.15) is 4.31 Å². The van der Waals surface area contributed by atoms with E-state index in [2.05, 4.69) is 11.9 Å². The van der Waals surface area contributed by atoms with E-state index in [1.165, 1.54) is 17.4 Å². The maximum absolute atomic E-state index is 12.6. The van der Waals surface area contributed by atoms with E-state index in [4.69, 9.17) is 11.6 Å². The second-order valence-electron chi connectivity index (χ2n) is 5.30. The smallest absolute Gasteiger partial charge is 0.243 e. The van der Waals surface area contributed by atoms with Crippen molar-refractivity contribution < 1.29 is 8.42 Å². The first-order valence-corrected chi connectivity index (χ1v) is 8.61. The molecular weight excluding hydrogens is 308 g/mol. The molecule has 0 aliphatic rings. The monoisotopic (exact) mass is 330 g/mol. The molecule has 6 heteroatoms. The van der Waals surface area contributed by atoms with Gasteiger partial charge in [0.25, 0.3) is 0 Å². The molecule has 118 valence electrons. The summed E-state index contributed by atoms with van der Waals surface area (Å²) in [6.45, 7) is 10.3. The molecule has 0 atom stereocenters. The lowest BCUT2D eigenvalue weighted by atomic mass is 10.1. The molecule has 0 saturated carbocycles. The number of benzene rings is 1. The number of halogens is 1. The van der Waals surface area contributed by atoms with Crippen molar-refractivity contribution in [2.75, 3.05) is 13.6 Å². The molecule has 0 saturated heterocycles. The molecule has 0 fully saturated rings. The molecule has 0 radical (unpaired) electrons. The second-order valence-corrected chi connectivity index (χ2v) is 7.75. The van der Waals surface area contributed by atoms with Gasteiger partial charge in [-0.3, -0.25) is 0 Å². The van der Waals surface area contributed by atoms with Crippen LogP contribution in [0.3, 0.4) is 0 Å². The van der Waals surface area contributed by atoms with Crippen LogP contribution in [0.1, 0.15) is 25.0 Å². The second kappa shape index (κ2) is 7.40. The number of hydrogen-bond donors (Lipinski definition) is 1. The van der Waals surface area contributed by atoms with Gasteiger partial charge in [0.1, 0.15) is 0 Å². The third-order valence-corrected chi connectivity index (χ3v) is 5.38. The van der Waals surface area contributed by atoms with Gasteiger partial charge in [-0.15, -0.1) is 6.58 Å². The van der Waals surface area contributed by atoms with Crippen molar-refractivity contribution in [1.29, 1.82) is 0 Å². The van der Waals surface area contributed by atoms with Gasteiger partial charge in [-0.1, -0.05) is 31.5 Å². The summed E-state index contributed by atoms with van der Waals surface area (Å²) < 4.78 is 26.4. The van der Waals surface area contributed by atoms with Crippen LogP contribution in [0.15, 0.2) is 29.7 Å². The molecule has 0 heterocycles. The highest BCUT2D eigenvalue weighted by atomic mass is 35.5. The summed E-state index contributed by atoms with van der Waals surface area (Å²) in [5, 5.41) is 3.70. The van der Waals surface area contributed by atoms with Gasteiger partial charge < -0.3 is 5.32 Å². The average molecular weight is 331 g/mol. The zero-order valence-corrected chi connectivity index (χ0v) is 14.6. The fraction of sp³-hybridized carbons (Fsp3) is 0.467. The minimum absolute atomic E-state index is 0.250. The van der Waals surface area contributed by atoms with E-state index in [-0.39, 0.29) is 11.4 Å². The van der Waals surface area contributed by atoms with Crippen LogP contribution in [0.25, 0.3) is 0 Å².